The summed E-state index contributed by atoms with van der Waals surface area (Å²) in [6, 6.07) is 0. The number of ether oxygens (including phenoxy) is 1. The number of rotatable bonds is 2. The van der Waals surface area contributed by atoms with Crippen LogP contribution in [0, 0.1) is 5.41 Å². The van der Waals surface area contributed by atoms with Gasteiger partial charge in [-0.1, -0.05) is 13.8 Å². The summed E-state index contributed by atoms with van der Waals surface area (Å²) in [7, 11) is 0. The highest BCUT2D eigenvalue weighted by Gasteiger charge is 2.92. The molecule has 0 aromatic heterocycles. The van der Waals surface area contributed by atoms with Gasteiger partial charge in [0, 0.05) is 0 Å². The molecule has 5 N–H and O–H groups in total. The van der Waals surface area contributed by atoms with Crippen molar-refractivity contribution in [2.24, 2.45) is 5.41 Å². The number of fused-ring (bicyclic) bond motifs is 1. The minimum Gasteiger partial charge on any atom is -0.394 e. The smallest absolute Gasteiger partial charge is 0.207 e. The van der Waals surface area contributed by atoms with E-state index in [2.05, 4.69) is 0 Å². The molecule has 1 unspecified atom stereocenters. The second kappa shape index (κ2) is 2.71. The molecule has 2 fully saturated rings. The van der Waals surface area contributed by atoms with Gasteiger partial charge in [0.05, 0.1) is 12.0 Å². The van der Waals surface area contributed by atoms with Crippen molar-refractivity contribution in [1.29, 1.82) is 0 Å². The molecule has 0 radical (unpaired) electrons. The highest BCUT2D eigenvalue weighted by atomic mass is 16.7. The molecule has 5 atom stereocenters. The molecule has 88 valence electrons. The largest absolute Gasteiger partial charge is 0.394 e. The van der Waals surface area contributed by atoms with Crippen molar-refractivity contribution in [1.82, 2.24) is 0 Å². The van der Waals surface area contributed by atoms with Crippen molar-refractivity contribution in [3.63, 3.8) is 0 Å². The van der Waals surface area contributed by atoms with E-state index in [0.717, 1.165) is 0 Å². The molecule has 1 saturated heterocycles. The molecule has 1 aliphatic heterocycles. The average Bonchev–Trinajstić information content (AvgIpc) is 2.39. The van der Waals surface area contributed by atoms with E-state index in [9.17, 15) is 20.4 Å². The lowest BCUT2D eigenvalue weighted by Gasteiger charge is -2.27. The molecule has 6 heteroatoms. The Hall–Kier alpha value is -0.240. The van der Waals surface area contributed by atoms with Crippen molar-refractivity contribution < 1.29 is 30.3 Å². The van der Waals surface area contributed by atoms with Crippen LogP contribution in [0.15, 0.2) is 0 Å². The highest BCUT2D eigenvalue weighted by Crippen LogP contribution is 2.71. The van der Waals surface area contributed by atoms with E-state index in [-0.39, 0.29) is 0 Å². The molecule has 1 saturated carbocycles. The van der Waals surface area contributed by atoms with E-state index in [0.29, 0.717) is 0 Å². The first-order valence-corrected chi connectivity index (χ1v) is 4.83. The maximum absolute atomic E-state index is 10.0. The number of aliphatic hydroxyl groups excluding tert-OH is 3. The van der Waals surface area contributed by atoms with Gasteiger partial charge in [0.25, 0.3) is 0 Å². The third-order valence-corrected chi connectivity index (χ3v) is 3.87. The maximum Gasteiger partial charge on any atom is 0.207 e. The van der Waals surface area contributed by atoms with E-state index in [1.54, 1.807) is 13.8 Å². The van der Waals surface area contributed by atoms with Crippen LogP contribution in [0.1, 0.15) is 13.8 Å². The van der Waals surface area contributed by atoms with Gasteiger partial charge in [0.2, 0.25) is 5.79 Å². The lowest BCUT2D eigenvalue weighted by atomic mass is 9.95. The number of aliphatic hydroxyl groups is 5. The molecule has 0 aromatic carbocycles. The molecular weight excluding hydrogens is 204 g/mol. The summed E-state index contributed by atoms with van der Waals surface area (Å²) in [6.07, 6.45) is -3.91. The van der Waals surface area contributed by atoms with Gasteiger partial charge in [-0.2, -0.15) is 0 Å². The van der Waals surface area contributed by atoms with Crippen LogP contribution < -0.4 is 0 Å². The van der Waals surface area contributed by atoms with Crippen LogP contribution in [0.5, 0.6) is 0 Å². The van der Waals surface area contributed by atoms with E-state index < -0.39 is 41.7 Å². The summed E-state index contributed by atoms with van der Waals surface area (Å²) in [6.45, 7) is 2.50. The van der Waals surface area contributed by atoms with Crippen LogP contribution in [0.2, 0.25) is 0 Å². The zero-order valence-electron chi connectivity index (χ0n) is 8.58. The zero-order chi connectivity index (χ0) is 11.6. The molecule has 0 bridgehead atoms. The standard InChI is InChI=1S/C9H16O6/c1-7(2)8(13)6(12)5(4(11)3-10)15-9(7,8)14/h4-6,10-14H,3H2,1-2H3/t4-,5-,6-,8+,9?/m1/s1. The lowest BCUT2D eigenvalue weighted by Crippen LogP contribution is -2.46. The third-order valence-electron chi connectivity index (χ3n) is 3.87. The molecule has 2 aliphatic rings. The molecule has 15 heavy (non-hydrogen) atoms. The molecule has 0 spiro atoms. The van der Waals surface area contributed by atoms with E-state index >= 15 is 0 Å². The van der Waals surface area contributed by atoms with Crippen molar-refractivity contribution in [2.75, 3.05) is 6.61 Å². The highest BCUT2D eigenvalue weighted by molar-refractivity contribution is 5.35. The van der Waals surface area contributed by atoms with Gasteiger partial charge in [-0.05, 0) is 0 Å². The molecule has 2 rings (SSSR count). The average molecular weight is 220 g/mol. The van der Waals surface area contributed by atoms with E-state index in [1.165, 1.54) is 0 Å². The second-order valence-electron chi connectivity index (χ2n) is 4.81. The molecule has 0 aromatic rings. The zero-order valence-corrected chi connectivity index (χ0v) is 8.58. The van der Waals surface area contributed by atoms with E-state index in [4.69, 9.17) is 9.84 Å². The molecule has 0 amide bonds. The summed E-state index contributed by atoms with van der Waals surface area (Å²) in [5.74, 6) is -1.85. The van der Waals surface area contributed by atoms with Crippen LogP contribution in [-0.4, -0.2) is 61.8 Å². The monoisotopic (exact) mass is 220 g/mol. The number of hydrogen-bond donors (Lipinski definition) is 5. The normalized spacial score (nSPS) is 53.8. The fraction of sp³-hybridized carbons (Fsp3) is 1.00. The Kier molecular flexibility index (Phi) is 2.03. The predicted molar refractivity (Wildman–Crippen MR) is 47.7 cm³/mol. The summed E-state index contributed by atoms with van der Waals surface area (Å²) in [5.41, 5.74) is -2.76. The Bertz CT molecular complexity index is 292. The fourth-order valence-electron chi connectivity index (χ4n) is 2.52. The van der Waals surface area contributed by atoms with Gasteiger partial charge < -0.3 is 30.3 Å². The topological polar surface area (TPSA) is 110 Å². The van der Waals surface area contributed by atoms with Crippen molar-refractivity contribution in [2.45, 2.75) is 43.5 Å². The first-order chi connectivity index (χ1) is 6.74. The Morgan fingerprint density at radius 2 is 1.87 bits per heavy atom. The molecule has 1 heterocycles. The van der Waals surface area contributed by atoms with Gasteiger partial charge >= 0.3 is 0 Å². The summed E-state index contributed by atoms with van der Waals surface area (Å²) in [4.78, 5) is 0. The fourth-order valence-corrected chi connectivity index (χ4v) is 2.52. The van der Waals surface area contributed by atoms with Crippen molar-refractivity contribution in [3.05, 3.63) is 0 Å². The summed E-state index contributed by atoms with van der Waals surface area (Å²) in [5, 5.41) is 47.7. The number of hydrogen-bond acceptors (Lipinski definition) is 6. The Labute approximate surface area is 86.7 Å². The van der Waals surface area contributed by atoms with Gasteiger partial charge in [-0.3, -0.25) is 0 Å². The minimum absolute atomic E-state index is 0.603. The van der Waals surface area contributed by atoms with Gasteiger partial charge in [-0.25, -0.2) is 0 Å². The van der Waals surface area contributed by atoms with Gasteiger partial charge in [-0.15, -0.1) is 0 Å². The van der Waals surface area contributed by atoms with Crippen molar-refractivity contribution in [3.8, 4) is 0 Å². The minimum atomic E-state index is -1.85. The van der Waals surface area contributed by atoms with Gasteiger partial charge in [0.1, 0.15) is 18.3 Å². The Morgan fingerprint density at radius 3 is 2.20 bits per heavy atom. The summed E-state index contributed by atoms with van der Waals surface area (Å²) >= 11 is 0. The van der Waals surface area contributed by atoms with Crippen LogP contribution in [0.25, 0.3) is 0 Å². The van der Waals surface area contributed by atoms with Crippen LogP contribution >= 0.6 is 0 Å². The van der Waals surface area contributed by atoms with E-state index in [1.807, 2.05) is 0 Å². The maximum atomic E-state index is 10.0. The Balaban J connectivity index is 2.25. The third kappa shape index (κ3) is 0.909. The SMILES string of the molecule is CC1(C)C2(O)O[C@H]([C@H](O)CO)[C@@H](O)[C@]12O. The van der Waals surface area contributed by atoms with Crippen LogP contribution in [-0.2, 0) is 4.74 Å². The van der Waals surface area contributed by atoms with Crippen LogP contribution in [0.3, 0.4) is 0 Å². The lowest BCUT2D eigenvalue weighted by molar-refractivity contribution is -0.198. The van der Waals surface area contributed by atoms with Crippen LogP contribution in [0.4, 0.5) is 0 Å². The predicted octanol–water partition coefficient (Wildman–Crippen LogP) is -2.44. The van der Waals surface area contributed by atoms with Gasteiger partial charge in [0.15, 0.2) is 5.60 Å². The molecule has 6 nitrogen and oxygen atoms in total. The summed E-state index contributed by atoms with van der Waals surface area (Å²) < 4.78 is 5.05. The molecule has 1 aliphatic carbocycles. The van der Waals surface area contributed by atoms with Crippen molar-refractivity contribution >= 4 is 0 Å². The first kappa shape index (κ1) is 11.3. The first-order valence-electron chi connectivity index (χ1n) is 4.83. The Morgan fingerprint density at radius 1 is 1.33 bits per heavy atom. The quantitative estimate of drug-likeness (QED) is 0.353. The second-order valence-corrected chi connectivity index (χ2v) is 4.81. The molecular formula is C9H16O6.